The Morgan fingerprint density at radius 2 is 1.75 bits per heavy atom. The first-order chi connectivity index (χ1) is 13.6. The number of hydrogen-bond donors (Lipinski definition) is 0. The van der Waals surface area contributed by atoms with Crippen molar-refractivity contribution in [2.45, 2.75) is 45.6 Å². The van der Waals surface area contributed by atoms with Crippen LogP contribution in [0, 0.1) is 6.92 Å². The Labute approximate surface area is 167 Å². The second kappa shape index (κ2) is 8.23. The highest BCUT2D eigenvalue weighted by Crippen LogP contribution is 2.29. The summed E-state index contributed by atoms with van der Waals surface area (Å²) >= 11 is 0. The van der Waals surface area contributed by atoms with E-state index in [9.17, 15) is 0 Å². The van der Waals surface area contributed by atoms with Gasteiger partial charge in [0.05, 0.1) is 5.69 Å². The van der Waals surface area contributed by atoms with Crippen LogP contribution in [0.5, 0.6) is 0 Å². The van der Waals surface area contributed by atoms with Crippen molar-refractivity contribution in [2.75, 3.05) is 20.1 Å². The molecular formula is C23H29N5. The Hall–Kier alpha value is -2.53. The molecule has 0 atom stereocenters. The van der Waals surface area contributed by atoms with Crippen LogP contribution in [0.1, 0.15) is 43.7 Å². The monoisotopic (exact) mass is 375 g/mol. The topological polar surface area (TPSA) is 46.8 Å². The van der Waals surface area contributed by atoms with Crippen LogP contribution in [-0.2, 0) is 6.42 Å². The molecule has 28 heavy (non-hydrogen) atoms. The Morgan fingerprint density at radius 3 is 2.46 bits per heavy atom. The molecule has 0 aliphatic carbocycles. The van der Waals surface area contributed by atoms with Gasteiger partial charge in [-0.05, 0) is 52.4 Å². The first-order valence-corrected chi connectivity index (χ1v) is 10.3. The number of nitrogens with zero attached hydrogens (tertiary/aromatic N) is 5. The maximum atomic E-state index is 4.75. The third kappa shape index (κ3) is 3.99. The van der Waals surface area contributed by atoms with Crippen molar-refractivity contribution in [2.24, 2.45) is 0 Å². The van der Waals surface area contributed by atoms with Gasteiger partial charge in [-0.3, -0.25) is 0 Å². The fraction of sp³-hybridized carbons (Fsp3) is 0.435. The molecule has 0 amide bonds. The molecule has 0 N–H and O–H groups in total. The quantitative estimate of drug-likeness (QED) is 0.657. The van der Waals surface area contributed by atoms with Gasteiger partial charge in [0.2, 0.25) is 0 Å². The summed E-state index contributed by atoms with van der Waals surface area (Å²) in [7, 11) is 2.20. The first-order valence-electron chi connectivity index (χ1n) is 10.3. The normalized spacial score (nSPS) is 15.8. The molecule has 146 valence electrons. The van der Waals surface area contributed by atoms with E-state index in [0.29, 0.717) is 6.04 Å². The first kappa shape index (κ1) is 18.8. The molecule has 1 aliphatic heterocycles. The lowest BCUT2D eigenvalue weighted by molar-refractivity contribution is 0.222. The predicted octanol–water partition coefficient (Wildman–Crippen LogP) is 4.53. The molecule has 1 aliphatic rings. The minimum Gasteiger partial charge on any atom is -0.328 e. The summed E-state index contributed by atoms with van der Waals surface area (Å²) in [6.45, 7) is 6.49. The van der Waals surface area contributed by atoms with E-state index >= 15 is 0 Å². The molecule has 1 aromatic carbocycles. The number of aromatic nitrogens is 4. The number of hydrogen-bond acceptors (Lipinski definition) is 4. The SMILES string of the molecule is CCCc1nc(C)cc(-c2ccc(-c3nccn3C3CCN(C)CC3)cc2)n1. The van der Waals surface area contributed by atoms with E-state index in [1.54, 1.807) is 0 Å². The summed E-state index contributed by atoms with van der Waals surface area (Å²) in [5.74, 6) is 1.99. The predicted molar refractivity (Wildman–Crippen MR) is 113 cm³/mol. The molecule has 2 aromatic heterocycles. The van der Waals surface area contributed by atoms with Crippen LogP contribution >= 0.6 is 0 Å². The third-order valence-electron chi connectivity index (χ3n) is 5.56. The van der Waals surface area contributed by atoms with Crippen molar-refractivity contribution >= 4 is 0 Å². The zero-order valence-corrected chi connectivity index (χ0v) is 17.1. The number of piperidine rings is 1. The van der Waals surface area contributed by atoms with Gasteiger partial charge in [0.15, 0.2) is 0 Å². The molecule has 0 spiro atoms. The van der Waals surface area contributed by atoms with Crippen LogP contribution in [-0.4, -0.2) is 44.6 Å². The standard InChI is InChI=1S/C23H29N5/c1-4-5-22-25-17(2)16-21(26-22)18-6-8-19(9-7-18)23-24-12-15-28(23)20-10-13-27(3)14-11-20/h6-9,12,15-16,20H,4-5,10-11,13-14H2,1-3H3. The Kier molecular flexibility index (Phi) is 5.53. The van der Waals surface area contributed by atoms with Crippen LogP contribution in [0.25, 0.3) is 22.6 Å². The van der Waals surface area contributed by atoms with Gasteiger partial charge in [0, 0.05) is 41.7 Å². The molecule has 5 nitrogen and oxygen atoms in total. The second-order valence-corrected chi connectivity index (χ2v) is 7.83. The molecule has 0 radical (unpaired) electrons. The summed E-state index contributed by atoms with van der Waals surface area (Å²) in [5.41, 5.74) is 4.31. The Morgan fingerprint density at radius 1 is 1.04 bits per heavy atom. The van der Waals surface area contributed by atoms with Crippen molar-refractivity contribution in [3.63, 3.8) is 0 Å². The minimum absolute atomic E-state index is 0.537. The molecule has 0 saturated carbocycles. The number of likely N-dealkylation sites (tertiary alicyclic amines) is 1. The number of imidazole rings is 1. The van der Waals surface area contributed by atoms with Crippen molar-refractivity contribution in [3.8, 4) is 22.6 Å². The highest BCUT2D eigenvalue weighted by atomic mass is 15.1. The van der Waals surface area contributed by atoms with Gasteiger partial charge in [-0.1, -0.05) is 31.2 Å². The lowest BCUT2D eigenvalue weighted by Crippen LogP contribution is -2.31. The smallest absolute Gasteiger partial charge is 0.140 e. The lowest BCUT2D eigenvalue weighted by Gasteiger charge is -2.30. The van der Waals surface area contributed by atoms with Crippen molar-refractivity contribution < 1.29 is 0 Å². The highest BCUT2D eigenvalue weighted by molar-refractivity contribution is 5.65. The Bertz CT molecular complexity index is 920. The molecule has 1 saturated heterocycles. The van der Waals surface area contributed by atoms with Gasteiger partial charge in [-0.2, -0.15) is 0 Å². The van der Waals surface area contributed by atoms with Crippen molar-refractivity contribution in [1.29, 1.82) is 0 Å². The van der Waals surface area contributed by atoms with Gasteiger partial charge in [-0.15, -0.1) is 0 Å². The molecule has 3 heterocycles. The van der Waals surface area contributed by atoms with Crippen LogP contribution in [0.15, 0.2) is 42.7 Å². The van der Waals surface area contributed by atoms with E-state index in [4.69, 9.17) is 4.98 Å². The zero-order valence-electron chi connectivity index (χ0n) is 17.1. The van der Waals surface area contributed by atoms with Crippen molar-refractivity contribution in [3.05, 3.63) is 54.2 Å². The van der Waals surface area contributed by atoms with Gasteiger partial charge in [0.25, 0.3) is 0 Å². The van der Waals surface area contributed by atoms with E-state index < -0.39 is 0 Å². The second-order valence-electron chi connectivity index (χ2n) is 7.83. The maximum absolute atomic E-state index is 4.75. The van der Waals surface area contributed by atoms with Crippen LogP contribution in [0.2, 0.25) is 0 Å². The Balaban J connectivity index is 1.59. The number of aryl methyl sites for hydroxylation is 2. The van der Waals surface area contributed by atoms with Gasteiger partial charge in [0.1, 0.15) is 11.6 Å². The average molecular weight is 376 g/mol. The molecule has 5 heteroatoms. The van der Waals surface area contributed by atoms with E-state index in [0.717, 1.165) is 60.1 Å². The van der Waals surface area contributed by atoms with Crippen molar-refractivity contribution in [1.82, 2.24) is 24.4 Å². The van der Waals surface area contributed by atoms with Crippen LogP contribution < -0.4 is 0 Å². The molecule has 1 fully saturated rings. The van der Waals surface area contributed by atoms with Crippen LogP contribution in [0.4, 0.5) is 0 Å². The summed E-state index contributed by atoms with van der Waals surface area (Å²) in [6.07, 6.45) is 8.38. The number of benzene rings is 1. The molecule has 3 aromatic rings. The van der Waals surface area contributed by atoms with E-state index in [1.807, 2.05) is 13.1 Å². The lowest BCUT2D eigenvalue weighted by atomic mass is 10.0. The summed E-state index contributed by atoms with van der Waals surface area (Å²) < 4.78 is 2.36. The van der Waals surface area contributed by atoms with Crippen LogP contribution in [0.3, 0.4) is 0 Å². The maximum Gasteiger partial charge on any atom is 0.140 e. The fourth-order valence-electron chi connectivity index (χ4n) is 4.01. The van der Waals surface area contributed by atoms with E-state index in [1.165, 1.54) is 12.8 Å². The highest BCUT2D eigenvalue weighted by Gasteiger charge is 2.20. The number of rotatable bonds is 5. The van der Waals surface area contributed by atoms with E-state index in [2.05, 4.69) is 69.9 Å². The zero-order chi connectivity index (χ0) is 19.5. The minimum atomic E-state index is 0.537. The fourth-order valence-corrected chi connectivity index (χ4v) is 4.01. The molecule has 0 bridgehead atoms. The van der Waals surface area contributed by atoms with Gasteiger partial charge < -0.3 is 9.47 Å². The van der Waals surface area contributed by atoms with Gasteiger partial charge >= 0.3 is 0 Å². The van der Waals surface area contributed by atoms with Gasteiger partial charge in [-0.25, -0.2) is 15.0 Å². The summed E-state index contributed by atoms with van der Waals surface area (Å²) in [6, 6.07) is 11.2. The summed E-state index contributed by atoms with van der Waals surface area (Å²) in [5, 5.41) is 0. The summed E-state index contributed by atoms with van der Waals surface area (Å²) in [4.78, 5) is 16.4. The molecule has 0 unspecified atom stereocenters. The largest absolute Gasteiger partial charge is 0.328 e. The third-order valence-corrected chi connectivity index (χ3v) is 5.56. The molecule has 4 rings (SSSR count). The molecular weight excluding hydrogens is 346 g/mol. The van der Waals surface area contributed by atoms with E-state index in [-0.39, 0.29) is 0 Å². The average Bonchev–Trinajstić information content (AvgIpc) is 3.18.